The summed E-state index contributed by atoms with van der Waals surface area (Å²) in [5.41, 5.74) is 7.83. The van der Waals surface area contributed by atoms with Crippen LogP contribution >= 0.6 is 11.8 Å². The van der Waals surface area contributed by atoms with E-state index in [4.69, 9.17) is 4.74 Å². The van der Waals surface area contributed by atoms with E-state index in [-0.39, 0.29) is 0 Å². The first-order chi connectivity index (χ1) is 24.2. The molecule has 0 radical (unpaired) electrons. The van der Waals surface area contributed by atoms with Gasteiger partial charge in [-0.05, 0) is 40.1 Å². The minimum absolute atomic E-state index is 0.726. The van der Waals surface area contributed by atoms with E-state index in [0.29, 0.717) is 0 Å². The van der Waals surface area contributed by atoms with Gasteiger partial charge in [0, 0.05) is 129 Å². The fraction of sp³-hybridized carbons (Fsp3) is 0.538. The number of nitrogens with zero attached hydrogens (tertiary/aromatic N) is 2. The highest BCUT2D eigenvalue weighted by Gasteiger charge is 2.10. The Hall–Kier alpha value is -2.51. The van der Waals surface area contributed by atoms with Gasteiger partial charge in [0.05, 0.1) is 6.61 Å². The summed E-state index contributed by atoms with van der Waals surface area (Å²) in [6.07, 6.45) is 2.13. The molecule has 0 unspecified atom stereocenters. The van der Waals surface area contributed by atoms with Gasteiger partial charge < -0.3 is 36.6 Å². The van der Waals surface area contributed by atoms with Crippen molar-refractivity contribution in [1.29, 1.82) is 0 Å². The molecule has 0 amide bonds. The van der Waals surface area contributed by atoms with Crippen molar-refractivity contribution in [2.24, 2.45) is 0 Å². The van der Waals surface area contributed by atoms with Gasteiger partial charge in [-0.1, -0.05) is 60.7 Å². The Morgan fingerprint density at radius 3 is 1.22 bits per heavy atom. The summed E-state index contributed by atoms with van der Waals surface area (Å²) in [4.78, 5) is 5.13. The predicted octanol–water partition coefficient (Wildman–Crippen LogP) is 3.00. The second kappa shape index (κ2) is 22.3. The van der Waals surface area contributed by atoms with Gasteiger partial charge in [-0.15, -0.1) is 0 Å². The minimum Gasteiger partial charge on any atom is -0.492 e. The van der Waals surface area contributed by atoms with Crippen molar-refractivity contribution < 1.29 is 4.74 Å². The zero-order chi connectivity index (χ0) is 33.8. The van der Waals surface area contributed by atoms with E-state index in [2.05, 4.69) is 115 Å². The molecule has 0 spiro atoms. The lowest BCUT2D eigenvalue weighted by Gasteiger charge is -2.24. The monoisotopic (exact) mass is 688 g/mol. The highest BCUT2D eigenvalue weighted by Crippen LogP contribution is 2.21. The molecule has 15 rings (SSSR count). The maximum atomic E-state index is 6.31. The van der Waals surface area contributed by atoms with E-state index in [1.807, 2.05) is 11.8 Å². The topological polar surface area (TPSA) is 87.9 Å². The van der Waals surface area contributed by atoms with E-state index < -0.39 is 0 Å². The van der Waals surface area contributed by atoms with Gasteiger partial charge in [-0.25, -0.2) is 0 Å². The molecule has 0 aromatic heterocycles. The second-order valence-corrected chi connectivity index (χ2v) is 14.1. The zero-order valence-electron chi connectivity index (χ0n) is 29.7. The van der Waals surface area contributed by atoms with Crippen LogP contribution in [-0.4, -0.2) is 107 Å². The number of hydrogen-bond acceptors (Lipinski definition) is 10. The van der Waals surface area contributed by atoms with Crippen LogP contribution in [-0.2, 0) is 39.3 Å². The van der Waals surface area contributed by atoms with Crippen LogP contribution in [0.3, 0.4) is 0 Å². The van der Waals surface area contributed by atoms with Gasteiger partial charge in [0.1, 0.15) is 5.75 Å². The molecule has 3 aromatic rings. The molecule has 12 aliphatic rings. The molecule has 0 fully saturated rings. The smallest absolute Gasteiger partial charge is 0.124 e. The molecule has 0 atom stereocenters. The third-order valence-corrected chi connectivity index (χ3v) is 9.89. The van der Waals surface area contributed by atoms with Crippen LogP contribution in [0.1, 0.15) is 33.4 Å². The Balaban J connectivity index is 1.31. The van der Waals surface area contributed by atoms with Gasteiger partial charge in [0.15, 0.2) is 0 Å². The minimum atomic E-state index is 0.726. The molecule has 8 bridgehead atoms. The van der Waals surface area contributed by atoms with Crippen LogP contribution in [0.4, 0.5) is 0 Å². The molecule has 6 N–H and O–H groups in total. The normalized spacial score (nSPS) is 21.5. The van der Waals surface area contributed by atoms with Crippen molar-refractivity contribution >= 4 is 11.8 Å². The van der Waals surface area contributed by atoms with Crippen molar-refractivity contribution in [2.45, 2.75) is 39.3 Å². The maximum Gasteiger partial charge on any atom is 0.124 e. The Morgan fingerprint density at radius 2 is 0.837 bits per heavy atom. The van der Waals surface area contributed by atoms with Gasteiger partial charge in [0.25, 0.3) is 0 Å². The Kier molecular flexibility index (Phi) is 17.2. The van der Waals surface area contributed by atoms with Crippen LogP contribution in [0.15, 0.2) is 66.7 Å². The van der Waals surface area contributed by atoms with Crippen LogP contribution in [0.25, 0.3) is 0 Å². The molecule has 0 saturated carbocycles. The molecule has 12 heterocycles. The summed E-state index contributed by atoms with van der Waals surface area (Å²) >= 11 is 1.82. The highest BCUT2D eigenvalue weighted by atomic mass is 32.2. The zero-order valence-corrected chi connectivity index (χ0v) is 30.5. The average molecular weight is 689 g/mol. The molecule has 268 valence electrons. The molecule has 0 saturated heterocycles. The van der Waals surface area contributed by atoms with Gasteiger partial charge in [-0.3, -0.25) is 9.80 Å². The van der Waals surface area contributed by atoms with E-state index in [9.17, 15) is 0 Å². The third kappa shape index (κ3) is 14.3. The van der Waals surface area contributed by atoms with E-state index in [1.54, 1.807) is 0 Å². The first-order valence-electron chi connectivity index (χ1n) is 18.3. The summed E-state index contributed by atoms with van der Waals surface area (Å²) in [7, 11) is 0. The standard InChI is InChI=1S/C39H60N8OS/c1-49-25-24-48-39-26-37-10-11-38(39)32-45-17-23-47-20-14-42-29-35-6-2-33(3-7-35)27-40-12-18-46(22-16-44-31-37)19-13-41-28-34-4-8-36(9-5-34)30-43-15-21-47/h2-11,26,40-45H,12-25,27-32H2,1H3. The van der Waals surface area contributed by atoms with Gasteiger partial charge >= 0.3 is 0 Å². The van der Waals surface area contributed by atoms with Crippen molar-refractivity contribution in [3.63, 3.8) is 0 Å². The lowest BCUT2D eigenvalue weighted by atomic mass is 10.1. The van der Waals surface area contributed by atoms with E-state index in [1.165, 1.54) is 33.4 Å². The van der Waals surface area contributed by atoms with Crippen molar-refractivity contribution in [2.75, 3.05) is 97.2 Å². The molecule has 12 aliphatic heterocycles. The molecule has 3 aromatic carbocycles. The summed E-state index contributed by atoms with van der Waals surface area (Å²) in [5.74, 6) is 2.00. The number of thioether (sulfide) groups is 1. The molecule has 0 aliphatic carbocycles. The SMILES string of the molecule is CSCCOc1cc2ccc1CNCCN1CCNCc3ccc(cc3)CNCCN(CCNCc3ccc(cc3)CNCC1)CCNC2. The van der Waals surface area contributed by atoms with Crippen molar-refractivity contribution in [3.8, 4) is 5.75 Å². The Bertz CT molecular complexity index is 1260. The number of nitrogens with one attached hydrogen (secondary N) is 6. The lowest BCUT2D eigenvalue weighted by Crippen LogP contribution is -2.40. The van der Waals surface area contributed by atoms with Crippen LogP contribution in [0, 0.1) is 0 Å². The Labute approximate surface area is 299 Å². The van der Waals surface area contributed by atoms with Crippen molar-refractivity contribution in [1.82, 2.24) is 41.7 Å². The van der Waals surface area contributed by atoms with Crippen LogP contribution in [0.2, 0.25) is 0 Å². The fourth-order valence-electron chi connectivity index (χ4n) is 6.25. The molecule has 49 heavy (non-hydrogen) atoms. The number of benzene rings is 3. The highest BCUT2D eigenvalue weighted by molar-refractivity contribution is 7.98. The largest absolute Gasteiger partial charge is 0.492 e. The first kappa shape index (κ1) is 37.7. The molecule has 10 heteroatoms. The van der Waals surface area contributed by atoms with Crippen LogP contribution in [0.5, 0.6) is 5.75 Å². The summed E-state index contributed by atoms with van der Waals surface area (Å²) in [5, 5.41) is 22.2. The molecular formula is C39H60N8OS. The van der Waals surface area contributed by atoms with Crippen molar-refractivity contribution in [3.05, 3.63) is 100 Å². The summed E-state index contributed by atoms with van der Waals surface area (Å²) < 4.78 is 6.31. The maximum absolute atomic E-state index is 6.31. The number of ether oxygens (including phenoxy) is 1. The van der Waals surface area contributed by atoms with E-state index >= 15 is 0 Å². The number of hydrogen-bond donors (Lipinski definition) is 6. The quantitative estimate of drug-likeness (QED) is 0.230. The fourth-order valence-corrected chi connectivity index (χ4v) is 6.50. The van der Waals surface area contributed by atoms with Gasteiger partial charge in [0.2, 0.25) is 0 Å². The second-order valence-electron chi connectivity index (χ2n) is 13.2. The van der Waals surface area contributed by atoms with Gasteiger partial charge in [-0.2, -0.15) is 11.8 Å². The van der Waals surface area contributed by atoms with E-state index in [0.717, 1.165) is 136 Å². The molecule has 9 nitrogen and oxygen atoms in total. The third-order valence-electron chi connectivity index (χ3n) is 9.31. The average Bonchev–Trinajstić information content (AvgIpc) is 3.12. The Morgan fingerprint density at radius 1 is 0.490 bits per heavy atom. The predicted molar refractivity (Wildman–Crippen MR) is 206 cm³/mol. The first-order valence-corrected chi connectivity index (χ1v) is 19.7. The lowest BCUT2D eigenvalue weighted by molar-refractivity contribution is 0.270. The molecular weight excluding hydrogens is 629 g/mol. The number of rotatable bonds is 4. The summed E-state index contributed by atoms with van der Waals surface area (Å²) in [6, 6.07) is 24.9. The summed E-state index contributed by atoms with van der Waals surface area (Å²) in [6.45, 7) is 17.7. The van der Waals surface area contributed by atoms with Crippen LogP contribution < -0.4 is 36.6 Å².